The van der Waals surface area contributed by atoms with Crippen LogP contribution in [0.4, 0.5) is 0 Å². The second-order valence-corrected chi connectivity index (χ2v) is 6.43. The molecule has 3 nitrogen and oxygen atoms in total. The minimum absolute atomic E-state index is 0.0509. The molecule has 0 aliphatic carbocycles. The Morgan fingerprint density at radius 2 is 2.05 bits per heavy atom. The first-order valence-corrected chi connectivity index (χ1v) is 7.03. The van der Waals surface area contributed by atoms with Gasteiger partial charge in [0.15, 0.2) is 0 Å². The number of rotatable bonds is 3. The second-order valence-electron chi connectivity index (χ2n) is 6.02. The number of carbonyl (C=O) groups is 1. The standard InChI is InChI=1S/C16H19ClN2O/c1-16(2,3)13(15(20)19-9-8-18-11-19)10-12-6-4-5-7-14(12)17/h4-9,11,13H,10H2,1-3H3. The number of imidazole rings is 1. The van der Waals surface area contributed by atoms with Crippen molar-refractivity contribution in [3.8, 4) is 0 Å². The van der Waals surface area contributed by atoms with Crippen molar-refractivity contribution in [2.24, 2.45) is 11.3 Å². The molecule has 2 aromatic rings. The van der Waals surface area contributed by atoms with E-state index in [0.717, 1.165) is 5.56 Å². The molecule has 106 valence electrons. The molecule has 0 aliphatic heterocycles. The van der Waals surface area contributed by atoms with Gasteiger partial charge in [0.05, 0.1) is 0 Å². The lowest BCUT2D eigenvalue weighted by Gasteiger charge is -2.29. The van der Waals surface area contributed by atoms with Gasteiger partial charge in [-0.3, -0.25) is 9.36 Å². The van der Waals surface area contributed by atoms with Crippen LogP contribution in [-0.2, 0) is 6.42 Å². The molecule has 0 spiro atoms. The number of hydrogen-bond acceptors (Lipinski definition) is 2. The highest BCUT2D eigenvalue weighted by Crippen LogP contribution is 2.32. The van der Waals surface area contributed by atoms with Crippen molar-refractivity contribution >= 4 is 17.5 Å². The molecule has 1 aromatic carbocycles. The molecule has 4 heteroatoms. The van der Waals surface area contributed by atoms with E-state index in [-0.39, 0.29) is 17.2 Å². The predicted octanol–water partition coefficient (Wildman–Crippen LogP) is 4.08. The zero-order valence-electron chi connectivity index (χ0n) is 12.0. The molecule has 0 saturated heterocycles. The van der Waals surface area contributed by atoms with E-state index in [1.54, 1.807) is 23.3 Å². The molecule has 20 heavy (non-hydrogen) atoms. The Labute approximate surface area is 124 Å². The first kappa shape index (κ1) is 14.8. The van der Waals surface area contributed by atoms with Crippen LogP contribution in [0.1, 0.15) is 31.1 Å². The molecule has 1 atom stereocenters. The zero-order chi connectivity index (χ0) is 14.8. The minimum Gasteiger partial charge on any atom is -0.276 e. The Bertz CT molecular complexity index is 585. The molecule has 2 rings (SSSR count). The van der Waals surface area contributed by atoms with Crippen molar-refractivity contribution in [3.63, 3.8) is 0 Å². The molecule has 1 aromatic heterocycles. The Balaban J connectivity index is 2.30. The van der Waals surface area contributed by atoms with Gasteiger partial charge in [-0.15, -0.1) is 0 Å². The molecule has 0 radical (unpaired) electrons. The lowest BCUT2D eigenvalue weighted by atomic mass is 9.76. The molecule has 1 unspecified atom stereocenters. The third-order valence-electron chi connectivity index (χ3n) is 3.48. The fraction of sp³-hybridized carbons (Fsp3) is 0.375. The summed E-state index contributed by atoms with van der Waals surface area (Å²) < 4.78 is 1.55. The fourth-order valence-electron chi connectivity index (χ4n) is 2.22. The minimum atomic E-state index is -0.156. The summed E-state index contributed by atoms with van der Waals surface area (Å²) in [5, 5.41) is 0.709. The van der Waals surface area contributed by atoms with Gasteiger partial charge in [-0.25, -0.2) is 4.98 Å². The molecule has 0 saturated carbocycles. The summed E-state index contributed by atoms with van der Waals surface area (Å²) in [4.78, 5) is 16.6. The van der Waals surface area contributed by atoms with Crippen molar-refractivity contribution in [1.82, 2.24) is 9.55 Å². The molecular formula is C16H19ClN2O. The van der Waals surface area contributed by atoms with Crippen molar-refractivity contribution < 1.29 is 4.79 Å². The van der Waals surface area contributed by atoms with Crippen LogP contribution in [-0.4, -0.2) is 15.5 Å². The number of halogens is 1. The van der Waals surface area contributed by atoms with Gasteiger partial charge in [0.2, 0.25) is 5.91 Å². The van der Waals surface area contributed by atoms with Crippen LogP contribution in [0.15, 0.2) is 43.0 Å². The van der Waals surface area contributed by atoms with Crippen LogP contribution in [0, 0.1) is 11.3 Å². The lowest BCUT2D eigenvalue weighted by molar-refractivity contribution is 0.0724. The van der Waals surface area contributed by atoms with E-state index in [9.17, 15) is 4.79 Å². The summed E-state index contributed by atoms with van der Waals surface area (Å²) in [6, 6.07) is 7.68. The van der Waals surface area contributed by atoms with Gasteiger partial charge >= 0.3 is 0 Å². The van der Waals surface area contributed by atoms with Crippen LogP contribution in [0.5, 0.6) is 0 Å². The van der Waals surface area contributed by atoms with E-state index in [1.807, 2.05) is 24.3 Å². The maximum absolute atomic E-state index is 12.6. The molecule has 0 N–H and O–H groups in total. The van der Waals surface area contributed by atoms with Crippen molar-refractivity contribution in [2.45, 2.75) is 27.2 Å². The Hall–Kier alpha value is -1.61. The van der Waals surface area contributed by atoms with E-state index in [4.69, 9.17) is 11.6 Å². The van der Waals surface area contributed by atoms with Gasteiger partial charge in [-0.2, -0.15) is 0 Å². The monoisotopic (exact) mass is 290 g/mol. The van der Waals surface area contributed by atoms with E-state index in [1.165, 1.54) is 0 Å². The smallest absolute Gasteiger partial charge is 0.235 e. The van der Waals surface area contributed by atoms with Gasteiger partial charge < -0.3 is 0 Å². The summed E-state index contributed by atoms with van der Waals surface area (Å²) in [5.41, 5.74) is 0.850. The third-order valence-corrected chi connectivity index (χ3v) is 3.85. The normalized spacial score (nSPS) is 13.2. The molecule has 0 aliphatic rings. The Morgan fingerprint density at radius 1 is 1.35 bits per heavy atom. The predicted molar refractivity (Wildman–Crippen MR) is 81.0 cm³/mol. The van der Waals surface area contributed by atoms with E-state index in [0.29, 0.717) is 11.4 Å². The average Bonchev–Trinajstić information content (AvgIpc) is 2.89. The number of aromatic nitrogens is 2. The van der Waals surface area contributed by atoms with Gasteiger partial charge in [-0.05, 0) is 23.5 Å². The fourth-order valence-corrected chi connectivity index (χ4v) is 2.43. The summed E-state index contributed by atoms with van der Waals surface area (Å²) >= 11 is 6.22. The van der Waals surface area contributed by atoms with Gasteiger partial charge in [0.1, 0.15) is 6.33 Å². The first-order chi connectivity index (χ1) is 9.39. The van der Waals surface area contributed by atoms with Crippen LogP contribution in [0.2, 0.25) is 5.02 Å². The third kappa shape index (κ3) is 3.28. The lowest BCUT2D eigenvalue weighted by Crippen LogP contribution is -2.33. The van der Waals surface area contributed by atoms with Crippen LogP contribution >= 0.6 is 11.6 Å². The molecule has 0 fully saturated rings. The maximum Gasteiger partial charge on any atom is 0.235 e. The topological polar surface area (TPSA) is 34.9 Å². The first-order valence-electron chi connectivity index (χ1n) is 6.65. The Morgan fingerprint density at radius 3 is 2.60 bits per heavy atom. The summed E-state index contributed by atoms with van der Waals surface area (Å²) in [6.07, 6.45) is 5.48. The van der Waals surface area contributed by atoms with E-state index < -0.39 is 0 Å². The number of nitrogens with zero attached hydrogens (tertiary/aromatic N) is 2. The van der Waals surface area contributed by atoms with Gasteiger partial charge in [0, 0.05) is 23.3 Å². The summed E-state index contributed by atoms with van der Waals surface area (Å²) in [7, 11) is 0. The van der Waals surface area contributed by atoms with Crippen LogP contribution in [0.25, 0.3) is 0 Å². The van der Waals surface area contributed by atoms with E-state index in [2.05, 4.69) is 25.8 Å². The maximum atomic E-state index is 12.6. The molecule has 1 heterocycles. The SMILES string of the molecule is CC(C)(C)C(Cc1ccccc1Cl)C(=O)n1ccnc1. The molecular weight excluding hydrogens is 272 g/mol. The van der Waals surface area contributed by atoms with Crippen molar-refractivity contribution in [1.29, 1.82) is 0 Å². The highest BCUT2D eigenvalue weighted by Gasteiger charge is 2.32. The highest BCUT2D eigenvalue weighted by molar-refractivity contribution is 6.31. The molecule has 0 amide bonds. The Kier molecular flexibility index (Phi) is 4.29. The van der Waals surface area contributed by atoms with Crippen LogP contribution in [0.3, 0.4) is 0 Å². The summed E-state index contributed by atoms with van der Waals surface area (Å²) in [5.74, 6) is -0.105. The number of benzene rings is 1. The van der Waals surface area contributed by atoms with Crippen molar-refractivity contribution in [2.75, 3.05) is 0 Å². The average molecular weight is 291 g/mol. The van der Waals surface area contributed by atoms with Crippen molar-refractivity contribution in [3.05, 3.63) is 53.6 Å². The summed E-state index contributed by atoms with van der Waals surface area (Å²) in [6.45, 7) is 6.22. The van der Waals surface area contributed by atoms with Crippen LogP contribution < -0.4 is 0 Å². The zero-order valence-corrected chi connectivity index (χ0v) is 12.8. The largest absolute Gasteiger partial charge is 0.276 e. The van der Waals surface area contributed by atoms with Gasteiger partial charge in [-0.1, -0.05) is 50.6 Å². The van der Waals surface area contributed by atoms with E-state index >= 15 is 0 Å². The number of carbonyl (C=O) groups excluding carboxylic acids is 1. The quantitative estimate of drug-likeness (QED) is 0.853. The van der Waals surface area contributed by atoms with Gasteiger partial charge in [0.25, 0.3) is 0 Å². The second kappa shape index (κ2) is 5.80. The highest BCUT2D eigenvalue weighted by atomic mass is 35.5. The number of hydrogen-bond donors (Lipinski definition) is 0. The molecule has 0 bridgehead atoms.